The van der Waals surface area contributed by atoms with E-state index in [0.29, 0.717) is 36.3 Å². The van der Waals surface area contributed by atoms with Gasteiger partial charge in [-0.05, 0) is 42.0 Å². The summed E-state index contributed by atoms with van der Waals surface area (Å²) in [6.07, 6.45) is 9.41. The van der Waals surface area contributed by atoms with E-state index in [1.54, 1.807) is 24.5 Å². The van der Waals surface area contributed by atoms with Crippen LogP contribution in [0.1, 0.15) is 50.8 Å². The van der Waals surface area contributed by atoms with E-state index in [1.807, 2.05) is 24.3 Å². The zero-order chi connectivity index (χ0) is 27.3. The molecule has 2 amide bonds. The van der Waals surface area contributed by atoms with Crippen molar-refractivity contribution in [3.05, 3.63) is 72.3 Å². The van der Waals surface area contributed by atoms with Crippen molar-refractivity contribution < 1.29 is 14.3 Å². The molecule has 1 N–H and O–H groups in total. The van der Waals surface area contributed by atoms with Crippen molar-refractivity contribution in [3.63, 3.8) is 0 Å². The van der Waals surface area contributed by atoms with Gasteiger partial charge in [-0.1, -0.05) is 39.0 Å². The zero-order valence-corrected chi connectivity index (χ0v) is 22.0. The van der Waals surface area contributed by atoms with Gasteiger partial charge in [0.05, 0.1) is 25.2 Å². The predicted molar refractivity (Wildman–Crippen MR) is 142 cm³/mol. The molecule has 0 spiro atoms. The van der Waals surface area contributed by atoms with Crippen molar-refractivity contribution in [2.75, 3.05) is 23.9 Å². The largest absolute Gasteiger partial charge is 0.467 e. The average molecular weight is 514 g/mol. The van der Waals surface area contributed by atoms with Gasteiger partial charge >= 0.3 is 6.01 Å². The summed E-state index contributed by atoms with van der Waals surface area (Å²) in [4.78, 5) is 43.3. The van der Waals surface area contributed by atoms with Crippen molar-refractivity contribution in [2.24, 2.45) is 0 Å². The molecule has 3 heterocycles. The molecule has 0 radical (unpaired) electrons. The summed E-state index contributed by atoms with van der Waals surface area (Å²) in [5, 5.41) is 12.5. The van der Waals surface area contributed by atoms with Crippen molar-refractivity contribution in [2.45, 2.75) is 51.1 Å². The Bertz CT molecular complexity index is 1300. The maximum atomic E-state index is 14.1. The zero-order valence-electron chi connectivity index (χ0n) is 22.0. The summed E-state index contributed by atoms with van der Waals surface area (Å²) >= 11 is 0. The number of nitrogens with zero attached hydrogens (tertiary/aromatic N) is 6. The highest BCUT2D eigenvalue weighted by Crippen LogP contribution is 2.33. The van der Waals surface area contributed by atoms with Crippen LogP contribution in [0, 0.1) is 11.5 Å². The van der Waals surface area contributed by atoms with Gasteiger partial charge in [-0.15, -0.1) is 0 Å². The first-order chi connectivity index (χ1) is 18.2. The molecule has 2 unspecified atom stereocenters. The van der Waals surface area contributed by atoms with Gasteiger partial charge in [-0.2, -0.15) is 5.26 Å². The molecule has 2 atom stereocenters. The standard InChI is InChI=1S/C28H31N7O3/c1-28(2,3)20-9-11-22(12-10-20)35(26(37)23-8-6-14-34(23)18-29)24(19-7-5-13-30-15-19)25(36)33-21-16-31-27(38-4)32-17-21/h5,7,9-13,15-17,23-24H,6,8,14H2,1-4H3,(H,33,36). The van der Waals surface area contributed by atoms with Crippen LogP contribution < -0.4 is 15.0 Å². The van der Waals surface area contributed by atoms with Crippen LogP contribution in [0.4, 0.5) is 11.4 Å². The van der Waals surface area contributed by atoms with Gasteiger partial charge in [0.15, 0.2) is 6.19 Å². The van der Waals surface area contributed by atoms with Crippen molar-refractivity contribution in [3.8, 4) is 12.2 Å². The molecule has 1 aliphatic rings. The van der Waals surface area contributed by atoms with Gasteiger partial charge < -0.3 is 10.1 Å². The number of benzene rings is 1. The number of nitriles is 1. The van der Waals surface area contributed by atoms with Gasteiger partial charge in [0, 0.05) is 30.2 Å². The van der Waals surface area contributed by atoms with Crippen LogP contribution in [0.25, 0.3) is 0 Å². The van der Waals surface area contributed by atoms with E-state index in [4.69, 9.17) is 4.74 Å². The SMILES string of the molecule is COc1ncc(NC(=O)C(c2cccnc2)N(C(=O)C2CCCN2C#N)c2ccc(C(C)(C)C)cc2)cn1. The molecule has 10 heteroatoms. The summed E-state index contributed by atoms with van der Waals surface area (Å²) in [5.74, 6) is -0.802. The average Bonchev–Trinajstić information content (AvgIpc) is 3.41. The number of amides is 2. The molecule has 2 aromatic heterocycles. The molecular formula is C28H31N7O3. The minimum absolute atomic E-state index is 0.0923. The van der Waals surface area contributed by atoms with Crippen molar-refractivity contribution in [1.29, 1.82) is 5.26 Å². The summed E-state index contributed by atoms with van der Waals surface area (Å²) < 4.78 is 5.00. The molecule has 0 saturated carbocycles. The molecule has 38 heavy (non-hydrogen) atoms. The van der Waals surface area contributed by atoms with E-state index in [2.05, 4.69) is 47.2 Å². The number of carbonyl (C=O) groups is 2. The van der Waals surface area contributed by atoms with E-state index < -0.39 is 18.0 Å². The Kier molecular flexibility index (Phi) is 7.86. The van der Waals surface area contributed by atoms with Crippen molar-refractivity contribution >= 4 is 23.2 Å². The van der Waals surface area contributed by atoms with Crippen LogP contribution in [-0.2, 0) is 15.0 Å². The number of pyridine rings is 1. The summed E-state index contributed by atoms with van der Waals surface area (Å²) in [6, 6.07) is 9.51. The molecule has 1 fully saturated rings. The lowest BCUT2D eigenvalue weighted by Gasteiger charge is -2.34. The normalized spacial score (nSPS) is 15.9. The van der Waals surface area contributed by atoms with Crippen LogP contribution in [0.5, 0.6) is 6.01 Å². The summed E-state index contributed by atoms with van der Waals surface area (Å²) in [6.45, 7) is 6.82. The Morgan fingerprint density at radius 1 is 1.16 bits per heavy atom. The van der Waals surface area contributed by atoms with Crippen LogP contribution >= 0.6 is 0 Å². The van der Waals surface area contributed by atoms with E-state index in [-0.39, 0.29) is 17.3 Å². The van der Waals surface area contributed by atoms with E-state index in [1.165, 1.54) is 29.3 Å². The Balaban J connectivity index is 1.80. The van der Waals surface area contributed by atoms with Gasteiger partial charge in [-0.3, -0.25) is 24.4 Å². The number of rotatable bonds is 7. The molecule has 3 aromatic rings. The third kappa shape index (κ3) is 5.72. The Morgan fingerprint density at radius 2 is 1.87 bits per heavy atom. The molecule has 1 aromatic carbocycles. The third-order valence-corrected chi connectivity index (χ3v) is 6.50. The highest BCUT2D eigenvalue weighted by atomic mass is 16.5. The Hall–Kier alpha value is -4.52. The first kappa shape index (κ1) is 26.5. The minimum Gasteiger partial charge on any atom is -0.467 e. The molecular weight excluding hydrogens is 482 g/mol. The number of ether oxygens (including phenoxy) is 1. The summed E-state index contributed by atoms with van der Waals surface area (Å²) in [5.41, 5.74) is 2.41. The first-order valence-electron chi connectivity index (χ1n) is 12.4. The number of likely N-dealkylation sites (tertiary alicyclic amines) is 1. The van der Waals surface area contributed by atoms with E-state index in [0.717, 1.165) is 5.56 Å². The van der Waals surface area contributed by atoms with Gasteiger partial charge in [0.2, 0.25) is 0 Å². The number of methoxy groups -OCH3 is 1. The second-order valence-corrected chi connectivity index (χ2v) is 10.1. The quantitative estimate of drug-likeness (QED) is 0.473. The molecule has 196 valence electrons. The van der Waals surface area contributed by atoms with Crippen LogP contribution in [0.15, 0.2) is 61.2 Å². The topological polar surface area (TPSA) is 124 Å². The monoisotopic (exact) mass is 513 g/mol. The van der Waals surface area contributed by atoms with Crippen LogP contribution in [-0.4, -0.2) is 51.4 Å². The molecule has 0 aliphatic carbocycles. The number of hydrogen-bond donors (Lipinski definition) is 1. The lowest BCUT2D eigenvalue weighted by molar-refractivity contribution is -0.126. The third-order valence-electron chi connectivity index (χ3n) is 6.50. The molecule has 4 rings (SSSR count). The molecule has 1 saturated heterocycles. The second kappa shape index (κ2) is 11.3. The number of hydrogen-bond acceptors (Lipinski definition) is 8. The Labute approximate surface area is 222 Å². The van der Waals surface area contributed by atoms with Crippen LogP contribution in [0.3, 0.4) is 0 Å². The van der Waals surface area contributed by atoms with E-state index in [9.17, 15) is 14.9 Å². The predicted octanol–water partition coefficient (Wildman–Crippen LogP) is 3.84. The number of nitrogens with one attached hydrogen (secondary N) is 1. The second-order valence-electron chi connectivity index (χ2n) is 10.1. The first-order valence-corrected chi connectivity index (χ1v) is 12.4. The number of carbonyl (C=O) groups excluding carboxylic acids is 2. The van der Waals surface area contributed by atoms with E-state index >= 15 is 0 Å². The lowest BCUT2D eigenvalue weighted by Crippen LogP contribution is -2.49. The maximum absolute atomic E-state index is 14.1. The minimum atomic E-state index is -1.07. The number of anilines is 2. The smallest absolute Gasteiger partial charge is 0.316 e. The fraction of sp³-hybridized carbons (Fsp3) is 0.357. The highest BCUT2D eigenvalue weighted by molar-refractivity contribution is 6.07. The molecule has 0 bridgehead atoms. The lowest BCUT2D eigenvalue weighted by atomic mass is 9.87. The van der Waals surface area contributed by atoms with Crippen LogP contribution in [0.2, 0.25) is 0 Å². The van der Waals surface area contributed by atoms with Gasteiger partial charge in [-0.25, -0.2) is 9.97 Å². The Morgan fingerprint density at radius 3 is 2.45 bits per heavy atom. The fourth-order valence-electron chi connectivity index (χ4n) is 4.48. The molecule has 1 aliphatic heterocycles. The highest BCUT2D eigenvalue weighted by Gasteiger charge is 2.40. The fourth-order valence-corrected chi connectivity index (χ4v) is 4.48. The maximum Gasteiger partial charge on any atom is 0.316 e. The number of aromatic nitrogens is 3. The van der Waals surface area contributed by atoms with Crippen molar-refractivity contribution in [1.82, 2.24) is 19.9 Å². The summed E-state index contributed by atoms with van der Waals surface area (Å²) in [7, 11) is 1.45. The van der Waals surface area contributed by atoms with Gasteiger partial charge in [0.25, 0.3) is 11.8 Å². The molecule has 10 nitrogen and oxygen atoms in total. The van der Waals surface area contributed by atoms with Gasteiger partial charge in [0.1, 0.15) is 12.1 Å².